The van der Waals surface area contributed by atoms with E-state index in [0.29, 0.717) is 18.5 Å². The van der Waals surface area contributed by atoms with E-state index in [2.05, 4.69) is 26.1 Å². The Morgan fingerprint density at radius 1 is 1.50 bits per heavy atom. The number of rotatable bonds is 6. The van der Waals surface area contributed by atoms with Crippen molar-refractivity contribution in [2.45, 2.75) is 39.7 Å². The highest BCUT2D eigenvalue weighted by Gasteiger charge is 2.08. The molecule has 72 valence electrons. The van der Waals surface area contributed by atoms with Crippen LogP contribution in [0.25, 0.3) is 0 Å². The molecule has 0 saturated heterocycles. The maximum absolute atomic E-state index is 10.2. The monoisotopic (exact) mass is 173 g/mol. The summed E-state index contributed by atoms with van der Waals surface area (Å²) in [7, 11) is 0. The van der Waals surface area contributed by atoms with Crippen LogP contribution in [-0.2, 0) is 4.79 Å². The first kappa shape index (κ1) is 11.4. The van der Waals surface area contributed by atoms with Crippen LogP contribution in [0, 0.1) is 5.92 Å². The van der Waals surface area contributed by atoms with Crippen molar-refractivity contribution in [1.82, 2.24) is 5.32 Å². The number of nitrogens with one attached hydrogen (secondary N) is 1. The van der Waals surface area contributed by atoms with Gasteiger partial charge in [-0.05, 0) is 12.8 Å². The van der Waals surface area contributed by atoms with Gasteiger partial charge in [-0.15, -0.1) is 0 Å². The highest BCUT2D eigenvalue weighted by molar-refractivity contribution is 5.66. The second-order valence-corrected chi connectivity index (χ2v) is 3.27. The normalized spacial score (nSPS) is 15.6. The molecule has 0 rings (SSSR count). The number of hydrogen-bond donors (Lipinski definition) is 2. The van der Waals surface area contributed by atoms with Gasteiger partial charge in [0.25, 0.3) is 0 Å². The Balaban J connectivity index is 3.43. The third-order valence-electron chi connectivity index (χ3n) is 2.30. The van der Waals surface area contributed by atoms with Gasteiger partial charge < -0.3 is 10.4 Å². The van der Waals surface area contributed by atoms with Crippen LogP contribution in [0.5, 0.6) is 0 Å². The van der Waals surface area contributed by atoms with Gasteiger partial charge in [0.2, 0.25) is 0 Å². The van der Waals surface area contributed by atoms with Crippen molar-refractivity contribution >= 4 is 5.97 Å². The van der Waals surface area contributed by atoms with E-state index < -0.39 is 5.97 Å². The van der Waals surface area contributed by atoms with Gasteiger partial charge in [0, 0.05) is 12.6 Å². The summed E-state index contributed by atoms with van der Waals surface area (Å²) in [6.07, 6.45) is 1.34. The Kier molecular flexibility index (Phi) is 5.72. The molecule has 0 radical (unpaired) electrons. The fourth-order valence-electron chi connectivity index (χ4n) is 0.962. The van der Waals surface area contributed by atoms with E-state index in [1.54, 1.807) is 0 Å². The van der Waals surface area contributed by atoms with Crippen molar-refractivity contribution in [1.29, 1.82) is 0 Å². The maximum Gasteiger partial charge on any atom is 0.304 e. The molecule has 0 amide bonds. The summed E-state index contributed by atoms with van der Waals surface area (Å²) in [5.41, 5.74) is 0. The largest absolute Gasteiger partial charge is 0.481 e. The highest BCUT2D eigenvalue weighted by atomic mass is 16.4. The van der Waals surface area contributed by atoms with Crippen LogP contribution in [0.1, 0.15) is 33.6 Å². The molecule has 0 aliphatic heterocycles. The average Bonchev–Trinajstić information content (AvgIpc) is 2.02. The molecule has 12 heavy (non-hydrogen) atoms. The van der Waals surface area contributed by atoms with E-state index in [-0.39, 0.29) is 6.42 Å². The molecule has 2 atom stereocenters. The third kappa shape index (κ3) is 5.13. The predicted molar refractivity (Wildman–Crippen MR) is 49.2 cm³/mol. The minimum absolute atomic E-state index is 0.209. The zero-order valence-electron chi connectivity index (χ0n) is 8.13. The van der Waals surface area contributed by atoms with Crippen molar-refractivity contribution in [3.05, 3.63) is 0 Å². The Morgan fingerprint density at radius 3 is 2.50 bits per heavy atom. The lowest BCUT2D eigenvalue weighted by molar-refractivity contribution is -0.136. The summed E-state index contributed by atoms with van der Waals surface area (Å²) in [5.74, 6) is -0.127. The van der Waals surface area contributed by atoms with Crippen molar-refractivity contribution in [2.75, 3.05) is 6.54 Å². The molecule has 0 aromatic rings. The quantitative estimate of drug-likeness (QED) is 0.639. The van der Waals surface area contributed by atoms with Gasteiger partial charge in [-0.2, -0.15) is 0 Å². The molecule has 0 aliphatic carbocycles. The molecule has 0 spiro atoms. The van der Waals surface area contributed by atoms with E-state index in [1.807, 2.05) is 0 Å². The van der Waals surface area contributed by atoms with Crippen LogP contribution >= 0.6 is 0 Å². The van der Waals surface area contributed by atoms with Crippen molar-refractivity contribution in [3.8, 4) is 0 Å². The lowest BCUT2D eigenvalue weighted by Crippen LogP contribution is -2.33. The van der Waals surface area contributed by atoms with Gasteiger partial charge in [0.1, 0.15) is 0 Å². The SMILES string of the molecule is CCC(C)C(C)NCCC(=O)O. The van der Waals surface area contributed by atoms with Crippen LogP contribution in [0.3, 0.4) is 0 Å². The zero-order chi connectivity index (χ0) is 9.56. The Hall–Kier alpha value is -0.570. The van der Waals surface area contributed by atoms with Crippen LogP contribution in [0.4, 0.5) is 0 Å². The van der Waals surface area contributed by atoms with Crippen molar-refractivity contribution in [3.63, 3.8) is 0 Å². The summed E-state index contributed by atoms with van der Waals surface area (Å²) in [5, 5.41) is 11.6. The summed E-state index contributed by atoms with van der Waals surface area (Å²) in [6, 6.07) is 0.411. The van der Waals surface area contributed by atoms with Gasteiger partial charge in [0.05, 0.1) is 6.42 Å². The first-order valence-corrected chi connectivity index (χ1v) is 4.53. The number of carboxylic acids is 1. The molecule has 0 saturated carbocycles. The number of carboxylic acid groups (broad SMARTS) is 1. The summed E-state index contributed by atoms with van der Waals surface area (Å²) in [4.78, 5) is 10.2. The molecule has 2 N–H and O–H groups in total. The molecule has 0 heterocycles. The molecule has 0 aliphatic rings. The molecule has 2 unspecified atom stereocenters. The van der Waals surface area contributed by atoms with Crippen LogP contribution < -0.4 is 5.32 Å². The van der Waals surface area contributed by atoms with Crippen molar-refractivity contribution < 1.29 is 9.90 Å². The van der Waals surface area contributed by atoms with Gasteiger partial charge in [-0.1, -0.05) is 20.3 Å². The molecule has 0 aromatic heterocycles. The molecule has 3 nitrogen and oxygen atoms in total. The maximum atomic E-state index is 10.2. The van der Waals surface area contributed by atoms with E-state index in [1.165, 1.54) is 0 Å². The molecular formula is C9H19NO2. The van der Waals surface area contributed by atoms with Crippen LogP contribution in [0.2, 0.25) is 0 Å². The number of aliphatic carboxylic acids is 1. The Bertz CT molecular complexity index is 136. The van der Waals surface area contributed by atoms with Gasteiger partial charge >= 0.3 is 5.97 Å². The minimum Gasteiger partial charge on any atom is -0.481 e. The van der Waals surface area contributed by atoms with E-state index in [9.17, 15) is 4.79 Å². The van der Waals surface area contributed by atoms with E-state index >= 15 is 0 Å². The van der Waals surface area contributed by atoms with Gasteiger partial charge in [-0.25, -0.2) is 0 Å². The first-order chi connectivity index (χ1) is 5.57. The van der Waals surface area contributed by atoms with E-state index in [4.69, 9.17) is 5.11 Å². The lowest BCUT2D eigenvalue weighted by atomic mass is 10.0. The number of hydrogen-bond acceptors (Lipinski definition) is 2. The Labute approximate surface area is 74.2 Å². The van der Waals surface area contributed by atoms with Crippen LogP contribution in [-0.4, -0.2) is 23.7 Å². The number of carbonyl (C=O) groups is 1. The summed E-state index contributed by atoms with van der Waals surface area (Å²) >= 11 is 0. The molecule has 0 bridgehead atoms. The minimum atomic E-state index is -0.737. The summed E-state index contributed by atoms with van der Waals surface area (Å²) < 4.78 is 0. The second kappa shape index (κ2) is 6.00. The average molecular weight is 173 g/mol. The van der Waals surface area contributed by atoms with Gasteiger partial charge in [-0.3, -0.25) is 4.79 Å². The highest BCUT2D eigenvalue weighted by Crippen LogP contribution is 2.05. The lowest BCUT2D eigenvalue weighted by Gasteiger charge is -2.19. The smallest absolute Gasteiger partial charge is 0.304 e. The molecular weight excluding hydrogens is 154 g/mol. The van der Waals surface area contributed by atoms with Crippen molar-refractivity contribution in [2.24, 2.45) is 5.92 Å². The Morgan fingerprint density at radius 2 is 2.08 bits per heavy atom. The zero-order valence-corrected chi connectivity index (χ0v) is 8.13. The predicted octanol–water partition coefficient (Wildman–Crippen LogP) is 1.49. The molecule has 0 fully saturated rings. The van der Waals surface area contributed by atoms with E-state index in [0.717, 1.165) is 6.42 Å². The molecule has 0 aromatic carbocycles. The standard InChI is InChI=1S/C9H19NO2/c1-4-7(2)8(3)10-6-5-9(11)12/h7-8,10H,4-6H2,1-3H3,(H,11,12). The first-order valence-electron chi connectivity index (χ1n) is 4.53. The fraction of sp³-hybridized carbons (Fsp3) is 0.889. The topological polar surface area (TPSA) is 49.3 Å². The second-order valence-electron chi connectivity index (χ2n) is 3.27. The van der Waals surface area contributed by atoms with Crippen LogP contribution in [0.15, 0.2) is 0 Å². The third-order valence-corrected chi connectivity index (χ3v) is 2.30. The fourth-order valence-corrected chi connectivity index (χ4v) is 0.962. The summed E-state index contributed by atoms with van der Waals surface area (Å²) in [6.45, 7) is 6.97. The molecule has 3 heteroatoms. The van der Waals surface area contributed by atoms with Gasteiger partial charge in [0.15, 0.2) is 0 Å².